The van der Waals surface area contributed by atoms with Crippen molar-refractivity contribution in [3.05, 3.63) is 24.3 Å². The van der Waals surface area contributed by atoms with Crippen molar-refractivity contribution in [3.63, 3.8) is 0 Å². The molecule has 1 aromatic carbocycles. The second kappa shape index (κ2) is 4.84. The second-order valence-corrected chi connectivity index (χ2v) is 4.49. The summed E-state index contributed by atoms with van der Waals surface area (Å²) in [6.45, 7) is 0. The highest BCUT2D eigenvalue weighted by Crippen LogP contribution is 2.27. The molecular weight excluding hydrogens is 281 g/mol. The van der Waals surface area contributed by atoms with E-state index in [1.165, 1.54) is 18.2 Å². The fraction of sp³-hybridized carbons (Fsp3) is 0.100. The molecule has 5 nitrogen and oxygen atoms in total. The van der Waals surface area contributed by atoms with Crippen molar-refractivity contribution in [2.24, 2.45) is 0 Å². The van der Waals surface area contributed by atoms with Crippen molar-refractivity contribution in [1.82, 2.24) is 10.2 Å². The number of amides is 1. The molecule has 100 valence electrons. The average molecular weight is 288 g/mol. The number of nitrogens with two attached hydrogens (primary N) is 1. The van der Waals surface area contributed by atoms with Crippen LogP contribution in [-0.2, 0) is 4.79 Å². The van der Waals surface area contributed by atoms with E-state index in [-0.39, 0.29) is 10.8 Å². The van der Waals surface area contributed by atoms with Gasteiger partial charge in [0.05, 0.1) is 0 Å². The van der Waals surface area contributed by atoms with Crippen LogP contribution in [0.1, 0.15) is 0 Å². The van der Waals surface area contributed by atoms with Gasteiger partial charge in [0.2, 0.25) is 5.13 Å². The first-order chi connectivity index (χ1) is 8.86. The number of aromatic nitrogens is 2. The first-order valence-corrected chi connectivity index (χ1v) is 5.75. The molecule has 1 aromatic heterocycles. The first kappa shape index (κ1) is 13.3. The van der Waals surface area contributed by atoms with Crippen LogP contribution in [0.2, 0.25) is 0 Å². The summed E-state index contributed by atoms with van der Waals surface area (Å²) in [6.07, 6.45) is -4.93. The molecule has 0 spiro atoms. The second-order valence-electron chi connectivity index (χ2n) is 3.48. The molecule has 2 aromatic rings. The van der Waals surface area contributed by atoms with E-state index < -0.39 is 12.1 Å². The van der Waals surface area contributed by atoms with E-state index in [1.54, 1.807) is 11.4 Å². The van der Waals surface area contributed by atoms with Gasteiger partial charge in [-0.05, 0) is 12.1 Å². The van der Waals surface area contributed by atoms with E-state index in [1.807, 2.05) is 0 Å². The number of nitrogen functional groups attached to an aromatic ring is 1. The number of benzene rings is 1. The number of hydrogen-bond acceptors (Lipinski definition) is 5. The smallest absolute Gasteiger partial charge is 0.374 e. The summed E-state index contributed by atoms with van der Waals surface area (Å²) in [4.78, 5) is 10.8. The minimum absolute atomic E-state index is 0.0218. The summed E-state index contributed by atoms with van der Waals surface area (Å²) in [5.74, 6) is -2.03. The molecular formula is C10H7F3N4OS. The normalized spacial score (nSPS) is 11.3. The maximum Gasteiger partial charge on any atom is 0.471 e. The van der Waals surface area contributed by atoms with Crippen molar-refractivity contribution < 1.29 is 18.0 Å². The summed E-state index contributed by atoms with van der Waals surface area (Å²) in [7, 11) is 0. The molecule has 0 bridgehead atoms. The minimum atomic E-state index is -4.93. The predicted molar refractivity (Wildman–Crippen MR) is 64.4 cm³/mol. The molecule has 3 N–H and O–H groups in total. The van der Waals surface area contributed by atoms with Gasteiger partial charge in [0.1, 0.15) is 5.01 Å². The molecule has 0 saturated heterocycles. The summed E-state index contributed by atoms with van der Waals surface area (Å²) in [6, 6.07) is 5.84. The van der Waals surface area contributed by atoms with Gasteiger partial charge in [-0.2, -0.15) is 13.2 Å². The molecule has 0 aliphatic rings. The van der Waals surface area contributed by atoms with Crippen LogP contribution < -0.4 is 11.1 Å². The Labute approximate surface area is 109 Å². The van der Waals surface area contributed by atoms with E-state index in [4.69, 9.17) is 5.73 Å². The van der Waals surface area contributed by atoms with Crippen LogP contribution in [0.15, 0.2) is 24.3 Å². The largest absolute Gasteiger partial charge is 0.471 e. The maximum atomic E-state index is 12.1. The fourth-order valence-corrected chi connectivity index (χ4v) is 1.89. The van der Waals surface area contributed by atoms with Crippen LogP contribution in [-0.4, -0.2) is 22.3 Å². The summed E-state index contributed by atoms with van der Waals surface area (Å²) in [5, 5.41) is 9.83. The Bertz CT molecular complexity index is 611. The third-order valence-corrected chi connectivity index (χ3v) is 2.87. The fourth-order valence-electron chi connectivity index (χ4n) is 1.28. The molecule has 0 aliphatic heterocycles. The summed E-state index contributed by atoms with van der Waals surface area (Å²) < 4.78 is 36.3. The third kappa shape index (κ3) is 3.19. The lowest BCUT2D eigenvalue weighted by Crippen LogP contribution is -2.29. The standard InChI is InChI=1S/C10H7F3N4OS/c11-10(12,13)8(18)15-6-3-1-2-5(4-6)7-16-17-9(14)19-7/h1-4H,(H2,14,17)(H,15,18). The van der Waals surface area contributed by atoms with Crippen LogP contribution >= 0.6 is 11.3 Å². The number of carbonyl (C=O) groups excluding carboxylic acids is 1. The van der Waals surface area contributed by atoms with Gasteiger partial charge in [-0.25, -0.2) is 0 Å². The molecule has 0 saturated carbocycles. The predicted octanol–water partition coefficient (Wildman–Crippen LogP) is 2.29. The Morgan fingerprint density at radius 2 is 2.05 bits per heavy atom. The monoisotopic (exact) mass is 288 g/mol. The third-order valence-electron chi connectivity index (χ3n) is 2.07. The molecule has 1 amide bonds. The number of carbonyl (C=O) groups is 1. The van der Waals surface area contributed by atoms with Crippen molar-refractivity contribution in [2.75, 3.05) is 11.1 Å². The van der Waals surface area contributed by atoms with Gasteiger partial charge in [-0.1, -0.05) is 23.5 Å². The number of anilines is 2. The maximum absolute atomic E-state index is 12.1. The highest BCUT2D eigenvalue weighted by molar-refractivity contribution is 7.18. The Balaban J connectivity index is 2.23. The Morgan fingerprint density at radius 3 is 2.63 bits per heavy atom. The van der Waals surface area contributed by atoms with Gasteiger partial charge >= 0.3 is 12.1 Å². The number of hydrogen-bond donors (Lipinski definition) is 2. The topological polar surface area (TPSA) is 80.9 Å². The van der Waals surface area contributed by atoms with Gasteiger partial charge in [0.15, 0.2) is 0 Å². The van der Waals surface area contributed by atoms with E-state index >= 15 is 0 Å². The lowest BCUT2D eigenvalue weighted by atomic mass is 10.2. The molecule has 0 unspecified atom stereocenters. The quantitative estimate of drug-likeness (QED) is 0.888. The lowest BCUT2D eigenvalue weighted by molar-refractivity contribution is -0.167. The van der Waals surface area contributed by atoms with Gasteiger partial charge in [-0.3, -0.25) is 4.79 Å². The first-order valence-electron chi connectivity index (χ1n) is 4.94. The number of nitrogens with one attached hydrogen (secondary N) is 1. The van der Waals surface area contributed by atoms with Crippen molar-refractivity contribution in [2.45, 2.75) is 6.18 Å². The van der Waals surface area contributed by atoms with E-state index in [0.29, 0.717) is 10.6 Å². The average Bonchev–Trinajstić information content (AvgIpc) is 2.75. The van der Waals surface area contributed by atoms with Crippen molar-refractivity contribution in [1.29, 1.82) is 0 Å². The van der Waals surface area contributed by atoms with Crippen LogP contribution in [0.3, 0.4) is 0 Å². The molecule has 2 rings (SSSR count). The van der Waals surface area contributed by atoms with E-state index in [2.05, 4.69) is 10.2 Å². The Kier molecular flexibility index (Phi) is 3.38. The summed E-state index contributed by atoms with van der Waals surface area (Å²) >= 11 is 1.09. The van der Waals surface area contributed by atoms with Gasteiger partial charge in [0, 0.05) is 11.3 Å². The van der Waals surface area contributed by atoms with Gasteiger partial charge in [0.25, 0.3) is 0 Å². The summed E-state index contributed by atoms with van der Waals surface area (Å²) in [5.41, 5.74) is 5.96. The zero-order chi connectivity index (χ0) is 14.0. The zero-order valence-corrected chi connectivity index (χ0v) is 10.0. The molecule has 19 heavy (non-hydrogen) atoms. The minimum Gasteiger partial charge on any atom is -0.374 e. The lowest BCUT2D eigenvalue weighted by Gasteiger charge is -2.08. The van der Waals surface area contributed by atoms with E-state index in [9.17, 15) is 18.0 Å². The van der Waals surface area contributed by atoms with Gasteiger partial charge in [-0.15, -0.1) is 10.2 Å². The van der Waals surface area contributed by atoms with Crippen LogP contribution in [0.5, 0.6) is 0 Å². The zero-order valence-electron chi connectivity index (χ0n) is 9.23. The number of halogens is 3. The Morgan fingerprint density at radius 1 is 1.32 bits per heavy atom. The molecule has 9 heteroatoms. The highest BCUT2D eigenvalue weighted by Gasteiger charge is 2.38. The number of nitrogens with zero attached hydrogens (tertiary/aromatic N) is 2. The molecule has 0 radical (unpaired) electrons. The SMILES string of the molecule is Nc1nnc(-c2cccc(NC(=O)C(F)(F)F)c2)s1. The van der Waals surface area contributed by atoms with Crippen molar-refractivity contribution in [3.8, 4) is 10.6 Å². The van der Waals surface area contributed by atoms with Crippen LogP contribution in [0, 0.1) is 0 Å². The Hall–Kier alpha value is -2.16. The molecule has 0 aliphatic carbocycles. The molecule has 0 atom stereocenters. The van der Waals surface area contributed by atoms with Crippen LogP contribution in [0.25, 0.3) is 10.6 Å². The number of alkyl halides is 3. The number of rotatable bonds is 2. The molecule has 0 fully saturated rings. The highest BCUT2D eigenvalue weighted by atomic mass is 32.1. The molecule has 1 heterocycles. The van der Waals surface area contributed by atoms with Crippen LogP contribution in [0.4, 0.5) is 24.0 Å². The van der Waals surface area contributed by atoms with Crippen molar-refractivity contribution >= 4 is 28.1 Å². The van der Waals surface area contributed by atoms with Gasteiger partial charge < -0.3 is 11.1 Å². The van der Waals surface area contributed by atoms with E-state index in [0.717, 1.165) is 11.3 Å².